The molecule has 2 aromatic rings. The van der Waals surface area contributed by atoms with Crippen LogP contribution in [0.3, 0.4) is 0 Å². The van der Waals surface area contributed by atoms with E-state index in [9.17, 15) is 13.9 Å². The topological polar surface area (TPSA) is 45.8 Å². The van der Waals surface area contributed by atoms with E-state index in [1.54, 1.807) is 0 Å². The van der Waals surface area contributed by atoms with Crippen LogP contribution < -0.4 is 0 Å². The summed E-state index contributed by atoms with van der Waals surface area (Å²) in [5.74, 6) is 0.140. The minimum Gasteiger partial charge on any atom is -0.464 e. The third-order valence-corrected chi connectivity index (χ3v) is 4.34. The molecule has 0 bridgehead atoms. The number of rotatable bonds is 5. The molecule has 130 valence electrons. The van der Waals surface area contributed by atoms with E-state index in [2.05, 4.69) is 0 Å². The first-order chi connectivity index (χ1) is 11.6. The van der Waals surface area contributed by atoms with Gasteiger partial charge in [0.1, 0.15) is 23.2 Å². The molecule has 2 atom stereocenters. The molecule has 0 saturated carbocycles. The maximum absolute atomic E-state index is 13.9. The fourth-order valence-corrected chi connectivity index (χ4v) is 3.02. The highest BCUT2D eigenvalue weighted by atomic mass is 19.1. The number of β-amino-alcohol motifs (C(OH)–C–C–N with tert-alkyl or cyclic N) is 1. The SMILES string of the molecule is CCc1ccc(C2COCCN2CC(O)c2c(F)cccc2F)o1. The Morgan fingerprint density at radius 1 is 1.25 bits per heavy atom. The van der Waals surface area contributed by atoms with E-state index in [0.29, 0.717) is 19.8 Å². The lowest BCUT2D eigenvalue weighted by Crippen LogP contribution is -2.41. The summed E-state index contributed by atoms with van der Waals surface area (Å²) in [5, 5.41) is 10.4. The largest absolute Gasteiger partial charge is 0.464 e. The first-order valence-corrected chi connectivity index (χ1v) is 8.12. The molecule has 0 spiro atoms. The summed E-state index contributed by atoms with van der Waals surface area (Å²) in [4.78, 5) is 1.94. The predicted molar refractivity (Wildman–Crippen MR) is 84.5 cm³/mol. The van der Waals surface area contributed by atoms with Gasteiger partial charge in [0.05, 0.1) is 30.9 Å². The van der Waals surface area contributed by atoms with Crippen molar-refractivity contribution in [2.45, 2.75) is 25.5 Å². The van der Waals surface area contributed by atoms with E-state index in [1.165, 1.54) is 6.07 Å². The van der Waals surface area contributed by atoms with E-state index in [0.717, 1.165) is 30.1 Å². The highest BCUT2D eigenvalue weighted by molar-refractivity contribution is 5.22. The first-order valence-electron chi connectivity index (χ1n) is 8.12. The van der Waals surface area contributed by atoms with Crippen molar-refractivity contribution in [3.63, 3.8) is 0 Å². The van der Waals surface area contributed by atoms with E-state index in [4.69, 9.17) is 9.15 Å². The lowest BCUT2D eigenvalue weighted by atomic mass is 10.1. The molecule has 0 amide bonds. The van der Waals surface area contributed by atoms with Gasteiger partial charge in [-0.15, -0.1) is 0 Å². The summed E-state index contributed by atoms with van der Waals surface area (Å²) in [7, 11) is 0. The molecule has 1 aromatic carbocycles. The molecule has 1 aliphatic rings. The average molecular weight is 337 g/mol. The smallest absolute Gasteiger partial charge is 0.131 e. The summed E-state index contributed by atoms with van der Waals surface area (Å²) in [5.41, 5.74) is -0.295. The van der Waals surface area contributed by atoms with Crippen molar-refractivity contribution in [2.24, 2.45) is 0 Å². The van der Waals surface area contributed by atoms with Crippen LogP contribution >= 0.6 is 0 Å². The number of aliphatic hydroxyl groups is 1. The van der Waals surface area contributed by atoms with Crippen molar-refractivity contribution in [3.8, 4) is 0 Å². The van der Waals surface area contributed by atoms with Gasteiger partial charge in [0.2, 0.25) is 0 Å². The average Bonchev–Trinajstić information content (AvgIpc) is 3.04. The molecular weight excluding hydrogens is 316 g/mol. The van der Waals surface area contributed by atoms with Crippen molar-refractivity contribution >= 4 is 0 Å². The summed E-state index contributed by atoms with van der Waals surface area (Å²) < 4.78 is 39.0. The fraction of sp³-hybridized carbons (Fsp3) is 0.444. The van der Waals surface area contributed by atoms with Crippen LogP contribution in [0, 0.1) is 11.6 Å². The Morgan fingerprint density at radius 3 is 2.67 bits per heavy atom. The normalized spacial score (nSPS) is 20.2. The Labute approximate surface area is 139 Å². The number of nitrogens with zero attached hydrogens (tertiary/aromatic N) is 1. The number of morpholine rings is 1. The minimum absolute atomic E-state index is 0.105. The Hall–Kier alpha value is -1.76. The van der Waals surface area contributed by atoms with Crippen LogP contribution in [-0.4, -0.2) is 36.3 Å². The number of hydrogen-bond acceptors (Lipinski definition) is 4. The number of furan rings is 1. The predicted octanol–water partition coefficient (Wildman–Crippen LogP) is 3.23. The van der Waals surface area contributed by atoms with Crippen LogP contribution in [-0.2, 0) is 11.2 Å². The third kappa shape index (κ3) is 3.50. The zero-order valence-corrected chi connectivity index (χ0v) is 13.5. The third-order valence-electron chi connectivity index (χ3n) is 4.34. The second-order valence-electron chi connectivity index (χ2n) is 5.89. The van der Waals surface area contributed by atoms with Crippen molar-refractivity contribution in [1.29, 1.82) is 0 Å². The molecule has 0 radical (unpaired) electrons. The van der Waals surface area contributed by atoms with Crippen LogP contribution in [0.15, 0.2) is 34.7 Å². The lowest BCUT2D eigenvalue weighted by molar-refractivity contribution is -0.0356. The second-order valence-corrected chi connectivity index (χ2v) is 5.89. The van der Waals surface area contributed by atoms with Crippen molar-refractivity contribution in [2.75, 3.05) is 26.3 Å². The van der Waals surface area contributed by atoms with Crippen molar-refractivity contribution < 1.29 is 23.0 Å². The number of aliphatic hydroxyl groups excluding tert-OH is 1. The monoisotopic (exact) mass is 337 g/mol. The van der Waals surface area contributed by atoms with E-state index >= 15 is 0 Å². The van der Waals surface area contributed by atoms with Gasteiger partial charge in [-0.3, -0.25) is 4.90 Å². The molecule has 1 fully saturated rings. The lowest BCUT2D eigenvalue weighted by Gasteiger charge is -2.35. The van der Waals surface area contributed by atoms with Crippen molar-refractivity contribution in [3.05, 3.63) is 59.1 Å². The molecule has 3 rings (SSSR count). The van der Waals surface area contributed by atoms with Gasteiger partial charge in [-0.05, 0) is 24.3 Å². The molecule has 0 aliphatic carbocycles. The van der Waals surface area contributed by atoms with Gasteiger partial charge in [0.15, 0.2) is 0 Å². The van der Waals surface area contributed by atoms with Crippen LogP contribution in [0.5, 0.6) is 0 Å². The maximum atomic E-state index is 13.9. The van der Waals surface area contributed by atoms with E-state index in [-0.39, 0.29) is 18.2 Å². The fourth-order valence-electron chi connectivity index (χ4n) is 3.02. The molecular formula is C18H21F2NO3. The highest BCUT2D eigenvalue weighted by Crippen LogP contribution is 2.29. The molecule has 2 heterocycles. The zero-order chi connectivity index (χ0) is 17.1. The van der Waals surface area contributed by atoms with E-state index < -0.39 is 17.7 Å². The molecule has 1 aliphatic heterocycles. The van der Waals surface area contributed by atoms with Crippen LogP contribution in [0.1, 0.15) is 36.2 Å². The highest BCUT2D eigenvalue weighted by Gasteiger charge is 2.30. The van der Waals surface area contributed by atoms with Gasteiger partial charge in [0, 0.05) is 19.5 Å². The van der Waals surface area contributed by atoms with Crippen LogP contribution in [0.2, 0.25) is 0 Å². The number of hydrogen-bond donors (Lipinski definition) is 1. The molecule has 1 aromatic heterocycles. The summed E-state index contributed by atoms with van der Waals surface area (Å²) in [6.07, 6.45) is -0.469. The Morgan fingerprint density at radius 2 is 2.00 bits per heavy atom. The number of aryl methyl sites for hydroxylation is 1. The number of halogens is 2. The first kappa shape index (κ1) is 17.1. The van der Waals surface area contributed by atoms with Gasteiger partial charge in [-0.25, -0.2) is 8.78 Å². The van der Waals surface area contributed by atoms with E-state index in [1.807, 2.05) is 24.0 Å². The van der Waals surface area contributed by atoms with Crippen molar-refractivity contribution in [1.82, 2.24) is 4.90 Å². The maximum Gasteiger partial charge on any atom is 0.131 e. The number of ether oxygens (including phenoxy) is 1. The summed E-state index contributed by atoms with van der Waals surface area (Å²) in [6, 6.07) is 7.21. The van der Waals surface area contributed by atoms with Crippen LogP contribution in [0.4, 0.5) is 8.78 Å². The molecule has 6 heteroatoms. The zero-order valence-electron chi connectivity index (χ0n) is 13.5. The van der Waals surface area contributed by atoms with Gasteiger partial charge in [-0.2, -0.15) is 0 Å². The Balaban J connectivity index is 1.78. The number of benzene rings is 1. The Kier molecular flexibility index (Phi) is 5.28. The second kappa shape index (κ2) is 7.42. The van der Waals surface area contributed by atoms with Gasteiger partial charge in [-0.1, -0.05) is 13.0 Å². The summed E-state index contributed by atoms with van der Waals surface area (Å²) in [6.45, 7) is 3.59. The quantitative estimate of drug-likeness (QED) is 0.910. The van der Waals surface area contributed by atoms with Gasteiger partial charge in [0.25, 0.3) is 0 Å². The van der Waals surface area contributed by atoms with Gasteiger partial charge >= 0.3 is 0 Å². The molecule has 4 nitrogen and oxygen atoms in total. The minimum atomic E-state index is -1.26. The van der Waals surface area contributed by atoms with Gasteiger partial charge < -0.3 is 14.3 Å². The molecule has 24 heavy (non-hydrogen) atoms. The standard InChI is InChI=1S/C18H21F2NO3/c1-2-12-6-7-17(24-12)15-11-23-9-8-21(15)10-16(22)18-13(19)4-3-5-14(18)20/h3-7,15-16,22H,2,8-11H2,1H3. The van der Waals surface area contributed by atoms with Crippen LogP contribution in [0.25, 0.3) is 0 Å². The molecule has 2 unspecified atom stereocenters. The molecule has 1 N–H and O–H groups in total. The Bertz CT molecular complexity index is 668. The summed E-state index contributed by atoms with van der Waals surface area (Å²) >= 11 is 0. The molecule has 1 saturated heterocycles.